The average Bonchev–Trinajstić information content (AvgIpc) is 2.74. The molecule has 0 amide bonds. The maximum atomic E-state index is 11.7. The molecule has 0 aromatic heterocycles. The molecule has 2 aliphatic carbocycles. The summed E-state index contributed by atoms with van der Waals surface area (Å²) in [6.45, 7) is 0.855. The van der Waals surface area contributed by atoms with E-state index in [4.69, 9.17) is 0 Å². The first kappa shape index (κ1) is 14.3. The average molecular weight is 275 g/mol. The smallest absolute Gasteiger partial charge is 0.151 e. The quantitative estimate of drug-likeness (QED) is 0.806. The van der Waals surface area contributed by atoms with Crippen LogP contribution in [0.2, 0.25) is 0 Å². The Morgan fingerprint density at radius 3 is 2.56 bits per heavy atom. The molecule has 5 heteroatoms. The van der Waals surface area contributed by atoms with Gasteiger partial charge in [0, 0.05) is 12.3 Å². The van der Waals surface area contributed by atoms with Crippen LogP contribution in [0.5, 0.6) is 0 Å². The Morgan fingerprint density at radius 2 is 1.89 bits per heavy atom. The summed E-state index contributed by atoms with van der Waals surface area (Å²) in [6.07, 6.45) is 7.99. The third kappa shape index (κ3) is 3.68. The molecule has 2 saturated carbocycles. The first-order valence-corrected chi connectivity index (χ1v) is 9.02. The summed E-state index contributed by atoms with van der Waals surface area (Å²) in [6, 6.07) is 0.124. The molecule has 0 spiro atoms. The molecular formula is C13H25NO3S. The highest BCUT2D eigenvalue weighted by molar-refractivity contribution is 7.91. The molecule has 2 rings (SSSR count). The Balaban J connectivity index is 1.82. The van der Waals surface area contributed by atoms with Gasteiger partial charge in [0.15, 0.2) is 9.84 Å². The highest BCUT2D eigenvalue weighted by atomic mass is 32.2. The van der Waals surface area contributed by atoms with Crippen LogP contribution in [0.3, 0.4) is 0 Å². The van der Waals surface area contributed by atoms with Gasteiger partial charge in [0.1, 0.15) is 0 Å². The number of aliphatic hydroxyl groups is 1. The number of sulfone groups is 1. The van der Waals surface area contributed by atoms with Crippen LogP contribution in [0.25, 0.3) is 0 Å². The van der Waals surface area contributed by atoms with Crippen LogP contribution in [0.4, 0.5) is 0 Å². The lowest BCUT2D eigenvalue weighted by Crippen LogP contribution is -2.42. The molecule has 4 nitrogen and oxygen atoms in total. The van der Waals surface area contributed by atoms with E-state index in [1.807, 2.05) is 0 Å². The summed E-state index contributed by atoms with van der Waals surface area (Å²) < 4.78 is 23.3. The zero-order chi connectivity index (χ0) is 13.2. The Kier molecular flexibility index (Phi) is 4.67. The van der Waals surface area contributed by atoms with Crippen LogP contribution in [0.15, 0.2) is 0 Å². The van der Waals surface area contributed by atoms with Crippen LogP contribution in [0.1, 0.15) is 44.9 Å². The molecule has 18 heavy (non-hydrogen) atoms. The van der Waals surface area contributed by atoms with Gasteiger partial charge in [0.25, 0.3) is 0 Å². The second-order valence-corrected chi connectivity index (χ2v) is 8.26. The maximum absolute atomic E-state index is 11.7. The van der Waals surface area contributed by atoms with Crippen molar-refractivity contribution in [2.45, 2.75) is 62.3 Å². The fourth-order valence-corrected chi connectivity index (χ4v) is 4.86. The molecule has 106 valence electrons. The van der Waals surface area contributed by atoms with Crippen LogP contribution in [0, 0.1) is 5.92 Å². The van der Waals surface area contributed by atoms with E-state index < -0.39 is 9.84 Å². The van der Waals surface area contributed by atoms with Crippen molar-refractivity contribution in [2.24, 2.45) is 5.92 Å². The van der Waals surface area contributed by atoms with Crippen LogP contribution in [-0.4, -0.2) is 43.7 Å². The van der Waals surface area contributed by atoms with Gasteiger partial charge in [-0.05, 0) is 44.6 Å². The topological polar surface area (TPSA) is 66.4 Å². The first-order chi connectivity index (χ1) is 8.47. The molecule has 2 N–H and O–H groups in total. The van der Waals surface area contributed by atoms with E-state index in [0.29, 0.717) is 5.92 Å². The van der Waals surface area contributed by atoms with Crippen molar-refractivity contribution in [1.82, 2.24) is 5.32 Å². The molecule has 4 unspecified atom stereocenters. The van der Waals surface area contributed by atoms with E-state index in [2.05, 4.69) is 5.32 Å². The highest BCUT2D eigenvalue weighted by Crippen LogP contribution is 2.27. The van der Waals surface area contributed by atoms with Crippen molar-refractivity contribution < 1.29 is 13.5 Å². The van der Waals surface area contributed by atoms with Gasteiger partial charge in [-0.15, -0.1) is 0 Å². The number of rotatable bonds is 4. The molecule has 4 atom stereocenters. The monoisotopic (exact) mass is 275 g/mol. The Hall–Kier alpha value is -0.130. The van der Waals surface area contributed by atoms with Crippen molar-refractivity contribution in [3.8, 4) is 0 Å². The predicted octanol–water partition coefficient (Wildman–Crippen LogP) is 1.09. The molecule has 0 saturated heterocycles. The van der Waals surface area contributed by atoms with E-state index in [1.165, 1.54) is 6.26 Å². The summed E-state index contributed by atoms with van der Waals surface area (Å²) in [4.78, 5) is 0. The summed E-state index contributed by atoms with van der Waals surface area (Å²) in [5.41, 5.74) is 0. The molecule has 0 aromatic carbocycles. The van der Waals surface area contributed by atoms with Gasteiger partial charge >= 0.3 is 0 Å². The van der Waals surface area contributed by atoms with E-state index in [0.717, 1.165) is 51.5 Å². The van der Waals surface area contributed by atoms with Gasteiger partial charge in [-0.1, -0.05) is 12.8 Å². The van der Waals surface area contributed by atoms with Crippen LogP contribution < -0.4 is 5.32 Å². The largest absolute Gasteiger partial charge is 0.393 e. The van der Waals surface area contributed by atoms with Crippen molar-refractivity contribution in [3.63, 3.8) is 0 Å². The SMILES string of the molecule is CS(=O)(=O)C1CCCC1NCC1CCCC(O)C1. The minimum absolute atomic E-state index is 0.124. The molecule has 2 fully saturated rings. The molecular weight excluding hydrogens is 250 g/mol. The van der Waals surface area contributed by atoms with Crippen LogP contribution in [-0.2, 0) is 9.84 Å². The second kappa shape index (κ2) is 5.88. The Bertz CT molecular complexity index is 368. The molecule has 2 aliphatic rings. The third-order valence-electron chi connectivity index (χ3n) is 4.43. The van der Waals surface area contributed by atoms with E-state index in [9.17, 15) is 13.5 Å². The standard InChI is InChI=1S/C13H25NO3S/c1-18(16,17)13-7-3-6-12(13)14-9-10-4-2-5-11(15)8-10/h10-15H,2-9H2,1H3. The minimum atomic E-state index is -2.93. The number of aliphatic hydroxyl groups excluding tert-OH is 1. The number of nitrogens with one attached hydrogen (secondary N) is 1. The van der Waals surface area contributed by atoms with E-state index >= 15 is 0 Å². The van der Waals surface area contributed by atoms with Crippen molar-refractivity contribution >= 4 is 9.84 Å². The summed E-state index contributed by atoms with van der Waals surface area (Å²) in [5.74, 6) is 0.509. The van der Waals surface area contributed by atoms with Gasteiger partial charge in [0.2, 0.25) is 0 Å². The van der Waals surface area contributed by atoms with Crippen LogP contribution >= 0.6 is 0 Å². The van der Waals surface area contributed by atoms with Gasteiger partial charge in [-0.25, -0.2) is 8.42 Å². The normalized spacial score (nSPS) is 37.9. The number of hydrogen-bond acceptors (Lipinski definition) is 4. The highest BCUT2D eigenvalue weighted by Gasteiger charge is 2.34. The van der Waals surface area contributed by atoms with Gasteiger partial charge < -0.3 is 10.4 Å². The van der Waals surface area contributed by atoms with Crippen molar-refractivity contribution in [1.29, 1.82) is 0 Å². The lowest BCUT2D eigenvalue weighted by atomic mass is 9.87. The summed E-state index contributed by atoms with van der Waals surface area (Å²) in [5, 5.41) is 12.9. The molecule has 0 bridgehead atoms. The fourth-order valence-electron chi connectivity index (χ4n) is 3.44. The first-order valence-electron chi connectivity index (χ1n) is 7.07. The molecule has 0 aromatic rings. The zero-order valence-electron chi connectivity index (χ0n) is 11.1. The van der Waals surface area contributed by atoms with Gasteiger partial charge in [-0.2, -0.15) is 0 Å². The third-order valence-corrected chi connectivity index (χ3v) is 6.09. The lowest BCUT2D eigenvalue weighted by molar-refractivity contribution is 0.0997. The van der Waals surface area contributed by atoms with Crippen molar-refractivity contribution in [3.05, 3.63) is 0 Å². The lowest BCUT2D eigenvalue weighted by Gasteiger charge is -2.28. The van der Waals surface area contributed by atoms with Gasteiger partial charge in [-0.3, -0.25) is 0 Å². The predicted molar refractivity (Wildman–Crippen MR) is 72.2 cm³/mol. The van der Waals surface area contributed by atoms with Crippen molar-refractivity contribution in [2.75, 3.05) is 12.8 Å². The number of hydrogen-bond donors (Lipinski definition) is 2. The zero-order valence-corrected chi connectivity index (χ0v) is 12.0. The molecule has 0 heterocycles. The Morgan fingerprint density at radius 1 is 1.17 bits per heavy atom. The second-order valence-electron chi connectivity index (χ2n) is 6.00. The molecule has 0 aliphatic heterocycles. The minimum Gasteiger partial charge on any atom is -0.393 e. The fraction of sp³-hybridized carbons (Fsp3) is 1.00. The molecule has 0 radical (unpaired) electrons. The summed E-state index contributed by atoms with van der Waals surface area (Å²) >= 11 is 0. The Labute approximate surface area is 110 Å². The maximum Gasteiger partial charge on any atom is 0.151 e. The van der Waals surface area contributed by atoms with E-state index in [1.54, 1.807) is 0 Å². The van der Waals surface area contributed by atoms with Gasteiger partial charge in [0.05, 0.1) is 11.4 Å². The summed E-state index contributed by atoms with van der Waals surface area (Å²) in [7, 11) is -2.93. The van der Waals surface area contributed by atoms with E-state index in [-0.39, 0.29) is 17.4 Å².